The first-order valence-corrected chi connectivity index (χ1v) is 18.2. The molecule has 7 atom stereocenters. The van der Waals surface area contributed by atoms with Gasteiger partial charge < -0.3 is 29.9 Å². The first kappa shape index (κ1) is 38.9. The maximum absolute atomic E-state index is 11.7. The number of allylic oxidation sites excluding steroid dienone is 2. The number of carbonyl (C=O) groups excluding carboxylic acids is 1. The molecule has 1 fully saturated rings. The Balaban J connectivity index is 1.42. The fraction of sp³-hybridized carbons (Fsp3) is 0.865. The van der Waals surface area contributed by atoms with Gasteiger partial charge in [-0.2, -0.15) is 0 Å². The third-order valence-electron chi connectivity index (χ3n) is 9.27. The first-order valence-electron chi connectivity index (χ1n) is 18.2. The summed E-state index contributed by atoms with van der Waals surface area (Å²) in [6, 6.07) is 0. The van der Waals surface area contributed by atoms with Crippen LogP contribution in [0.5, 0.6) is 0 Å². The van der Waals surface area contributed by atoms with Gasteiger partial charge in [0.05, 0.1) is 36.6 Å². The molecule has 7 heteroatoms. The molecule has 256 valence electrons. The van der Waals surface area contributed by atoms with Crippen LogP contribution in [-0.4, -0.2) is 69.1 Å². The van der Waals surface area contributed by atoms with Crippen LogP contribution >= 0.6 is 0 Å². The first-order chi connectivity index (χ1) is 21.3. The normalized spacial score (nSPS) is 23.2. The van der Waals surface area contributed by atoms with E-state index in [-0.39, 0.29) is 30.4 Å². The SMILES string of the molecule is CCCCCCCCCC/C=C/CC[C@@H](O)[C@@H]1CC[C@H]([C@@H](O)CCCC[C@H](O)CCCCC[C@H](O)CC2=C[C@H](C)OC2=O)O1. The Morgan fingerprint density at radius 3 is 1.86 bits per heavy atom. The lowest BCUT2D eigenvalue weighted by molar-refractivity contribution is -0.139. The highest BCUT2D eigenvalue weighted by Gasteiger charge is 2.34. The van der Waals surface area contributed by atoms with Crippen molar-refractivity contribution in [2.45, 2.75) is 204 Å². The van der Waals surface area contributed by atoms with Gasteiger partial charge in [-0.05, 0) is 77.2 Å². The van der Waals surface area contributed by atoms with Crippen molar-refractivity contribution < 1.29 is 34.7 Å². The van der Waals surface area contributed by atoms with E-state index in [0.29, 0.717) is 31.3 Å². The lowest BCUT2D eigenvalue weighted by Crippen LogP contribution is -2.31. The minimum absolute atomic E-state index is 0.182. The van der Waals surface area contributed by atoms with Gasteiger partial charge in [0.1, 0.15) is 6.10 Å². The zero-order valence-electron chi connectivity index (χ0n) is 28.1. The zero-order chi connectivity index (χ0) is 32.0. The number of ether oxygens (including phenoxy) is 2. The second-order valence-electron chi connectivity index (χ2n) is 13.5. The molecule has 2 heterocycles. The minimum atomic E-state index is -0.533. The third-order valence-corrected chi connectivity index (χ3v) is 9.27. The molecule has 4 N–H and O–H groups in total. The topological polar surface area (TPSA) is 116 Å². The van der Waals surface area contributed by atoms with Gasteiger partial charge in [-0.1, -0.05) is 96.1 Å². The molecule has 44 heavy (non-hydrogen) atoms. The van der Waals surface area contributed by atoms with E-state index >= 15 is 0 Å². The van der Waals surface area contributed by atoms with Gasteiger partial charge in [-0.25, -0.2) is 4.79 Å². The van der Waals surface area contributed by atoms with E-state index in [1.807, 2.05) is 6.92 Å². The average molecular weight is 623 g/mol. The molecule has 0 spiro atoms. The smallest absolute Gasteiger partial charge is 0.334 e. The van der Waals surface area contributed by atoms with E-state index in [1.54, 1.807) is 6.08 Å². The average Bonchev–Trinajstić information content (AvgIpc) is 3.61. The summed E-state index contributed by atoms with van der Waals surface area (Å²) in [4.78, 5) is 11.7. The summed E-state index contributed by atoms with van der Waals surface area (Å²) in [5.41, 5.74) is 0.574. The van der Waals surface area contributed by atoms with Gasteiger partial charge in [0, 0.05) is 12.0 Å². The largest absolute Gasteiger partial charge is 0.455 e. The number of unbranched alkanes of at least 4 members (excludes halogenated alkanes) is 11. The van der Waals surface area contributed by atoms with E-state index < -0.39 is 18.3 Å². The predicted molar refractivity (Wildman–Crippen MR) is 177 cm³/mol. The van der Waals surface area contributed by atoms with Crippen LogP contribution in [0.1, 0.15) is 162 Å². The number of aliphatic hydroxyl groups is 4. The van der Waals surface area contributed by atoms with E-state index in [1.165, 1.54) is 51.4 Å². The summed E-state index contributed by atoms with van der Waals surface area (Å²) in [7, 11) is 0. The van der Waals surface area contributed by atoms with Gasteiger partial charge in [0.25, 0.3) is 0 Å². The Labute approximate surface area is 268 Å². The van der Waals surface area contributed by atoms with Gasteiger partial charge in [-0.15, -0.1) is 0 Å². The highest BCUT2D eigenvalue weighted by Crippen LogP contribution is 2.28. The van der Waals surface area contributed by atoms with E-state index in [4.69, 9.17) is 9.47 Å². The van der Waals surface area contributed by atoms with Crippen molar-refractivity contribution in [3.05, 3.63) is 23.8 Å². The van der Waals surface area contributed by atoms with Gasteiger partial charge in [0.2, 0.25) is 0 Å². The molecule has 0 aromatic carbocycles. The summed E-state index contributed by atoms with van der Waals surface area (Å²) in [5, 5.41) is 41.7. The zero-order valence-corrected chi connectivity index (χ0v) is 28.1. The number of cyclic esters (lactones) is 1. The molecule has 1 saturated heterocycles. The molecule has 0 aromatic heterocycles. The Kier molecular flexibility index (Phi) is 21.2. The van der Waals surface area contributed by atoms with E-state index in [9.17, 15) is 25.2 Å². The molecule has 2 rings (SSSR count). The van der Waals surface area contributed by atoms with Crippen LogP contribution < -0.4 is 0 Å². The molecule has 0 aromatic rings. The lowest BCUT2D eigenvalue weighted by atomic mass is 9.99. The fourth-order valence-electron chi connectivity index (χ4n) is 6.48. The highest BCUT2D eigenvalue weighted by molar-refractivity contribution is 5.90. The molecule has 0 bridgehead atoms. The summed E-state index contributed by atoms with van der Waals surface area (Å²) < 4.78 is 11.1. The molecule has 0 amide bonds. The van der Waals surface area contributed by atoms with Crippen molar-refractivity contribution in [3.8, 4) is 0 Å². The van der Waals surface area contributed by atoms with Crippen LogP contribution in [0.4, 0.5) is 0 Å². The van der Waals surface area contributed by atoms with Gasteiger partial charge in [0.15, 0.2) is 0 Å². The predicted octanol–water partition coefficient (Wildman–Crippen LogP) is 7.62. The molecule has 0 radical (unpaired) electrons. The second kappa shape index (κ2) is 24.0. The summed E-state index contributed by atoms with van der Waals surface area (Å²) in [6.45, 7) is 4.07. The van der Waals surface area contributed by atoms with Crippen molar-refractivity contribution in [3.63, 3.8) is 0 Å². The standard InChI is InChI=1S/C37H66O7/c1-3-4-5-6-7-8-9-10-11-12-13-17-23-33(40)35-25-26-36(44-35)34(41)24-19-18-21-31(38)20-15-14-16-22-32(39)28-30-27-29(2)43-37(30)42/h12-13,27,29,31-36,38-41H,3-11,14-26,28H2,1-2H3/b13-12+/t29-,31+,32-,33+,34-,35-,36+/m0/s1. The van der Waals surface area contributed by atoms with Crippen molar-refractivity contribution in [1.29, 1.82) is 0 Å². The fourth-order valence-corrected chi connectivity index (χ4v) is 6.48. The van der Waals surface area contributed by atoms with Crippen molar-refractivity contribution in [2.75, 3.05) is 0 Å². The third kappa shape index (κ3) is 17.4. The molecule has 0 aliphatic carbocycles. The van der Waals surface area contributed by atoms with Crippen LogP contribution in [0, 0.1) is 0 Å². The summed E-state index contributed by atoms with van der Waals surface area (Å²) >= 11 is 0. The summed E-state index contributed by atoms with van der Waals surface area (Å²) in [5.74, 6) is -0.316. The maximum atomic E-state index is 11.7. The van der Waals surface area contributed by atoms with E-state index in [2.05, 4.69) is 19.1 Å². The number of hydrogen-bond acceptors (Lipinski definition) is 7. The maximum Gasteiger partial charge on any atom is 0.334 e. The van der Waals surface area contributed by atoms with Crippen molar-refractivity contribution >= 4 is 5.97 Å². The number of aliphatic hydroxyl groups excluding tert-OH is 4. The van der Waals surface area contributed by atoms with E-state index in [0.717, 1.165) is 70.6 Å². The molecule has 2 aliphatic heterocycles. The molecule has 2 aliphatic rings. The summed E-state index contributed by atoms with van der Waals surface area (Å²) in [6.07, 6.45) is 26.3. The van der Waals surface area contributed by atoms with Gasteiger partial charge in [-0.3, -0.25) is 0 Å². The lowest BCUT2D eigenvalue weighted by Gasteiger charge is -2.22. The molecular weight excluding hydrogens is 556 g/mol. The Morgan fingerprint density at radius 1 is 0.705 bits per heavy atom. The van der Waals surface area contributed by atoms with Crippen LogP contribution in [0.25, 0.3) is 0 Å². The quantitative estimate of drug-likeness (QED) is 0.0423. The molecule has 0 unspecified atom stereocenters. The van der Waals surface area contributed by atoms with Crippen LogP contribution in [0.2, 0.25) is 0 Å². The molecule has 7 nitrogen and oxygen atoms in total. The Morgan fingerprint density at radius 2 is 1.23 bits per heavy atom. The number of hydrogen-bond donors (Lipinski definition) is 4. The van der Waals surface area contributed by atoms with Crippen LogP contribution in [0.15, 0.2) is 23.8 Å². The number of rotatable bonds is 27. The van der Waals surface area contributed by atoms with Crippen molar-refractivity contribution in [1.82, 2.24) is 0 Å². The molecule has 0 saturated carbocycles. The monoisotopic (exact) mass is 622 g/mol. The van der Waals surface area contributed by atoms with Gasteiger partial charge >= 0.3 is 5.97 Å². The highest BCUT2D eigenvalue weighted by atomic mass is 16.5. The number of esters is 1. The Hall–Kier alpha value is -1.25. The second-order valence-corrected chi connectivity index (χ2v) is 13.5. The van der Waals surface area contributed by atoms with Crippen LogP contribution in [0.3, 0.4) is 0 Å². The Bertz CT molecular complexity index is 797. The van der Waals surface area contributed by atoms with Crippen LogP contribution in [-0.2, 0) is 14.3 Å². The van der Waals surface area contributed by atoms with Crippen molar-refractivity contribution in [2.24, 2.45) is 0 Å². The minimum Gasteiger partial charge on any atom is -0.455 e. The number of carbonyl (C=O) groups is 1. The molecular formula is C37H66O7.